The van der Waals surface area contributed by atoms with Crippen LogP contribution in [0.2, 0.25) is 0 Å². The van der Waals surface area contributed by atoms with Crippen molar-refractivity contribution in [3.63, 3.8) is 0 Å². The van der Waals surface area contributed by atoms with Gasteiger partial charge in [-0.3, -0.25) is 14.6 Å². The second-order valence-electron chi connectivity index (χ2n) is 13.4. The van der Waals surface area contributed by atoms with Gasteiger partial charge >= 0.3 is 5.97 Å². The summed E-state index contributed by atoms with van der Waals surface area (Å²) < 4.78 is 42.5. The van der Waals surface area contributed by atoms with E-state index in [2.05, 4.69) is 27.8 Å². The number of imide groups is 1. The minimum atomic E-state index is -4.69. The van der Waals surface area contributed by atoms with Gasteiger partial charge in [-0.05, 0) is 75.6 Å². The van der Waals surface area contributed by atoms with Crippen molar-refractivity contribution in [3.05, 3.63) is 83.6 Å². The smallest absolute Gasteiger partial charge is 0.333 e. The summed E-state index contributed by atoms with van der Waals surface area (Å²) in [6.07, 6.45) is 12.2. The number of carbonyl (C=O) groups excluding carboxylic acids is 3. The summed E-state index contributed by atoms with van der Waals surface area (Å²) in [5.74, 6) is -1.71. The van der Waals surface area contributed by atoms with Crippen LogP contribution in [0.25, 0.3) is 0 Å². The molecule has 2 amide bonds. The van der Waals surface area contributed by atoms with E-state index in [9.17, 15) is 32.6 Å². The fraction of sp³-hybridized carbons (Fsp3) is 0.389. The van der Waals surface area contributed by atoms with Gasteiger partial charge < -0.3 is 19.5 Å². The van der Waals surface area contributed by atoms with Gasteiger partial charge in [0.15, 0.2) is 5.71 Å². The highest BCUT2D eigenvalue weighted by atomic mass is 32.2. The number of fused-ring (bicyclic) bond motifs is 2. The number of likely N-dealkylation sites (N-methyl/N-ethyl adjacent to an activating group) is 1. The number of anilines is 1. The van der Waals surface area contributed by atoms with Crippen molar-refractivity contribution in [2.45, 2.75) is 86.3 Å². The molecule has 1 fully saturated rings. The van der Waals surface area contributed by atoms with E-state index >= 15 is 0 Å². The summed E-state index contributed by atoms with van der Waals surface area (Å²) in [5, 5.41) is 14.3. The van der Waals surface area contributed by atoms with Gasteiger partial charge in [0.05, 0.1) is 22.4 Å². The van der Waals surface area contributed by atoms with Gasteiger partial charge in [-0.25, -0.2) is 13.2 Å². The van der Waals surface area contributed by atoms with Crippen LogP contribution >= 0.6 is 12.0 Å². The predicted molar refractivity (Wildman–Crippen MR) is 185 cm³/mol. The molecule has 1 saturated heterocycles. The van der Waals surface area contributed by atoms with Gasteiger partial charge in [0.1, 0.15) is 17.2 Å². The Labute approximate surface area is 301 Å². The van der Waals surface area contributed by atoms with Gasteiger partial charge in [-0.15, -0.1) is 5.06 Å². The first-order valence-corrected chi connectivity index (χ1v) is 18.6. The maximum atomic E-state index is 12.3. The molecule has 15 heteroatoms. The van der Waals surface area contributed by atoms with Gasteiger partial charge in [-0.2, -0.15) is 8.91 Å². The standard InChI is InChI=1S/C36H41N3O10S2/c1-35(2)26-22-24(50-49-48-43)15-17-28(26)37(4)30(35)12-8-6-9-13-31-36(3,27-23-25(51(44,45)46)16-18-29(27)38(31)5)21-11-7-10-14-34(42)47-39-32(40)19-20-33(39)41/h6,8-9,12-13,15-18,22-23H,7,10-11,14,19-21H2,1-5H3,(H-,43,44,45,46)/p-1. The van der Waals surface area contributed by atoms with Crippen LogP contribution in [0.3, 0.4) is 0 Å². The molecule has 2 aromatic rings. The molecule has 51 heavy (non-hydrogen) atoms. The molecular formula is C36H40N3O10S2-. The van der Waals surface area contributed by atoms with E-state index in [1.165, 1.54) is 12.1 Å². The lowest BCUT2D eigenvalue weighted by Crippen LogP contribution is -2.31. The Morgan fingerprint density at radius 2 is 1.73 bits per heavy atom. The average molecular weight is 739 g/mol. The third-order valence-corrected chi connectivity index (χ3v) is 11.2. The van der Waals surface area contributed by atoms with Crippen molar-refractivity contribution in [2.24, 2.45) is 0 Å². The SMILES string of the molecule is CN1\C(=C/C=C/C=C/C2=[N+](C)c3ccc(SOO[O-])cc3C2(C)C)C(C)(CCCCCC(=O)ON2C(=O)CCC2=O)c2cc(S(=O)(=O)[O-])ccc21. The molecule has 2 aromatic carbocycles. The number of hydroxylamine groups is 2. The van der Waals surface area contributed by atoms with E-state index in [-0.39, 0.29) is 29.6 Å². The average Bonchev–Trinajstić information content (AvgIpc) is 3.58. The number of rotatable bonds is 14. The fourth-order valence-corrected chi connectivity index (χ4v) is 8.00. The van der Waals surface area contributed by atoms with Crippen LogP contribution in [0.15, 0.2) is 82.3 Å². The lowest BCUT2D eigenvalue weighted by molar-refractivity contribution is -0.777. The monoisotopic (exact) mass is 738 g/mol. The number of nitrogens with zero attached hydrogens (tertiary/aromatic N) is 3. The highest BCUT2D eigenvalue weighted by Crippen LogP contribution is 2.50. The summed E-state index contributed by atoms with van der Waals surface area (Å²) in [4.78, 5) is 43.2. The minimum absolute atomic E-state index is 0.0280. The van der Waals surface area contributed by atoms with Crippen LogP contribution in [0.5, 0.6) is 0 Å². The number of allylic oxidation sites excluding steroid dienone is 6. The summed E-state index contributed by atoms with van der Waals surface area (Å²) in [5.41, 5.74) is 4.58. The predicted octanol–water partition coefficient (Wildman–Crippen LogP) is 4.79. The van der Waals surface area contributed by atoms with Crippen LogP contribution in [-0.2, 0) is 49.5 Å². The first-order chi connectivity index (χ1) is 24.1. The molecule has 0 bridgehead atoms. The highest BCUT2D eigenvalue weighted by molar-refractivity contribution is 7.94. The number of unbranched alkanes of at least 4 members (excludes halogenated alkanes) is 2. The maximum absolute atomic E-state index is 12.3. The van der Waals surface area contributed by atoms with E-state index in [1.807, 2.05) is 74.5 Å². The Balaban J connectivity index is 1.31. The van der Waals surface area contributed by atoms with Crippen molar-refractivity contribution in [2.75, 3.05) is 19.0 Å². The van der Waals surface area contributed by atoms with Gasteiger partial charge in [-0.1, -0.05) is 31.1 Å². The lowest BCUT2D eigenvalue weighted by Gasteiger charge is -2.29. The van der Waals surface area contributed by atoms with Crippen molar-refractivity contribution >= 4 is 57.0 Å². The first kappa shape index (κ1) is 38.1. The van der Waals surface area contributed by atoms with Gasteiger partial charge in [0.2, 0.25) is 5.69 Å². The van der Waals surface area contributed by atoms with E-state index in [0.29, 0.717) is 30.7 Å². The molecule has 0 N–H and O–H groups in total. The summed E-state index contributed by atoms with van der Waals surface area (Å²) in [6, 6.07) is 10.2. The van der Waals surface area contributed by atoms with Crippen LogP contribution in [-0.4, -0.2) is 60.2 Å². The molecule has 13 nitrogen and oxygen atoms in total. The lowest BCUT2D eigenvalue weighted by atomic mass is 9.77. The molecule has 0 spiro atoms. The Morgan fingerprint density at radius 3 is 2.41 bits per heavy atom. The third kappa shape index (κ3) is 7.88. The molecule has 3 heterocycles. The van der Waals surface area contributed by atoms with E-state index in [4.69, 9.17) is 4.84 Å². The zero-order valence-corrected chi connectivity index (χ0v) is 30.7. The largest absolute Gasteiger partial charge is 0.744 e. The maximum Gasteiger partial charge on any atom is 0.333 e. The Morgan fingerprint density at radius 1 is 1.00 bits per heavy atom. The molecule has 1 unspecified atom stereocenters. The number of hydrogen-bond acceptors (Lipinski definition) is 12. The molecule has 272 valence electrons. The molecule has 3 aliphatic rings. The van der Waals surface area contributed by atoms with Gasteiger partial charge in [0, 0.05) is 65.7 Å². The topological polar surface area (TPSA) is 169 Å². The quantitative estimate of drug-likeness (QED) is 0.0381. The molecule has 3 aliphatic heterocycles. The van der Waals surface area contributed by atoms with Crippen LogP contribution in [0.4, 0.5) is 11.4 Å². The molecule has 0 saturated carbocycles. The number of carbonyl (C=O) groups is 3. The second-order valence-corrected chi connectivity index (χ2v) is 15.5. The summed E-state index contributed by atoms with van der Waals surface area (Å²) in [7, 11) is -0.797. The number of hydrogen-bond donors (Lipinski definition) is 0. The summed E-state index contributed by atoms with van der Waals surface area (Å²) >= 11 is 0.849. The van der Waals surface area contributed by atoms with E-state index < -0.39 is 33.3 Å². The molecule has 0 radical (unpaired) electrons. The molecule has 0 aromatic heterocycles. The highest BCUT2D eigenvalue weighted by Gasteiger charge is 2.44. The molecule has 5 rings (SSSR count). The minimum Gasteiger partial charge on any atom is -0.744 e. The molecule has 1 atom stereocenters. The first-order valence-electron chi connectivity index (χ1n) is 16.4. The second kappa shape index (κ2) is 15.2. The van der Waals surface area contributed by atoms with Crippen molar-refractivity contribution in [3.8, 4) is 0 Å². The zero-order chi connectivity index (χ0) is 37.1. The number of amides is 2. The summed E-state index contributed by atoms with van der Waals surface area (Å²) in [6.45, 7) is 6.24. The number of benzene rings is 2. The normalized spacial score (nSPS) is 20.8. The van der Waals surface area contributed by atoms with Crippen molar-refractivity contribution in [1.29, 1.82) is 0 Å². The third-order valence-electron chi connectivity index (χ3n) is 9.79. The Hall–Kier alpha value is -4.12. The van der Waals surface area contributed by atoms with E-state index in [1.54, 1.807) is 6.07 Å². The zero-order valence-electron chi connectivity index (χ0n) is 29.0. The Bertz CT molecular complexity index is 1950. The molecular weight excluding hydrogens is 699 g/mol. The van der Waals surface area contributed by atoms with Crippen LogP contribution < -0.4 is 10.2 Å². The van der Waals surface area contributed by atoms with Crippen LogP contribution in [0.1, 0.15) is 76.8 Å². The van der Waals surface area contributed by atoms with Crippen molar-refractivity contribution in [1.82, 2.24) is 5.06 Å². The van der Waals surface area contributed by atoms with Crippen molar-refractivity contribution < 1.29 is 51.4 Å². The fourth-order valence-electron chi connectivity index (χ4n) is 7.11. The molecule has 0 aliphatic carbocycles. The van der Waals surface area contributed by atoms with Gasteiger partial charge in [0.25, 0.3) is 11.8 Å². The van der Waals surface area contributed by atoms with E-state index in [0.717, 1.165) is 50.8 Å². The van der Waals surface area contributed by atoms with Crippen LogP contribution in [0, 0.1) is 0 Å². The Kier molecular flexibility index (Phi) is 11.4.